The van der Waals surface area contributed by atoms with Crippen molar-refractivity contribution in [3.63, 3.8) is 0 Å². The summed E-state index contributed by atoms with van der Waals surface area (Å²) in [5.74, 6) is -2.03. The molecule has 1 unspecified atom stereocenters. The first-order chi connectivity index (χ1) is 17.1. The number of carbonyl (C=O) groups is 1. The average Bonchev–Trinajstić information content (AvgIpc) is 2.86. The monoisotopic (exact) mass is 543 g/mol. The number of nitrogens with one attached hydrogen (secondary N) is 2. The molecule has 2 aromatic carbocycles. The Balaban J connectivity index is 1.42. The van der Waals surface area contributed by atoms with E-state index in [0.717, 1.165) is 11.3 Å². The maximum absolute atomic E-state index is 14.6. The highest BCUT2D eigenvalue weighted by Crippen LogP contribution is 2.44. The fourth-order valence-electron chi connectivity index (χ4n) is 4.86. The molecule has 1 aliphatic heterocycles. The van der Waals surface area contributed by atoms with Crippen LogP contribution in [0.2, 0.25) is 10.0 Å². The van der Waals surface area contributed by atoms with Crippen molar-refractivity contribution in [1.82, 2.24) is 14.9 Å². The Labute approximate surface area is 212 Å². The van der Waals surface area contributed by atoms with Crippen LogP contribution < -0.4 is 15.4 Å². The van der Waals surface area contributed by atoms with Gasteiger partial charge in [0.05, 0.1) is 34.0 Å². The van der Waals surface area contributed by atoms with Gasteiger partial charge in [0, 0.05) is 30.6 Å². The van der Waals surface area contributed by atoms with Gasteiger partial charge in [-0.15, -0.1) is 0 Å². The number of piperidine rings is 2. The lowest BCUT2D eigenvalue weighted by Crippen LogP contribution is -2.63. The van der Waals surface area contributed by atoms with Gasteiger partial charge in [-0.25, -0.2) is 14.4 Å². The number of rotatable bonds is 5. The van der Waals surface area contributed by atoms with Gasteiger partial charge in [-0.1, -0.05) is 23.2 Å². The predicted molar refractivity (Wildman–Crippen MR) is 127 cm³/mol. The van der Waals surface area contributed by atoms with Gasteiger partial charge in [0.15, 0.2) is 5.82 Å². The van der Waals surface area contributed by atoms with Crippen molar-refractivity contribution in [2.24, 2.45) is 11.8 Å². The number of hydrogen-bond donors (Lipinski definition) is 2. The summed E-state index contributed by atoms with van der Waals surface area (Å²) in [7, 11) is 1.49. The highest BCUT2D eigenvalue weighted by Gasteiger charge is 2.52. The van der Waals surface area contributed by atoms with Crippen molar-refractivity contribution in [3.8, 4) is 5.75 Å². The standard InChI is InChI=1S/C23H19Cl2F4N5O2/c1-36-17-6-15-12(21(31-9-30-15)33-14-3-2-13(24)18(25)19(14)26)5-16(17)32-20-10-4-11(20)8-34(7-10)22(35)23(27,28)29/h2-3,5-6,9-11,20,32H,4,7-8H2,1H3,(H,30,31,33)/t10-,11+,20?. The van der Waals surface area contributed by atoms with Crippen LogP contribution >= 0.6 is 23.2 Å². The van der Waals surface area contributed by atoms with E-state index < -0.39 is 17.9 Å². The molecule has 0 radical (unpaired) electrons. The molecular weight excluding hydrogens is 525 g/mol. The number of anilines is 3. The molecule has 36 heavy (non-hydrogen) atoms. The highest BCUT2D eigenvalue weighted by atomic mass is 35.5. The normalized spacial score (nSPS) is 21.2. The maximum Gasteiger partial charge on any atom is 0.471 e. The zero-order chi connectivity index (χ0) is 25.8. The number of nitrogens with zero attached hydrogens (tertiary/aromatic N) is 3. The zero-order valence-corrected chi connectivity index (χ0v) is 20.2. The lowest BCUT2D eigenvalue weighted by atomic mass is 9.66. The Morgan fingerprint density at radius 3 is 2.53 bits per heavy atom. The third kappa shape index (κ3) is 4.34. The topological polar surface area (TPSA) is 79.4 Å². The second-order valence-corrected chi connectivity index (χ2v) is 9.56. The number of likely N-dealkylation sites (tertiary alicyclic amines) is 1. The van der Waals surface area contributed by atoms with Crippen LogP contribution in [-0.4, -0.2) is 53.2 Å². The van der Waals surface area contributed by atoms with E-state index in [4.69, 9.17) is 27.9 Å². The van der Waals surface area contributed by atoms with E-state index in [9.17, 15) is 22.4 Å². The number of carbonyl (C=O) groups excluding carboxylic acids is 1. The van der Waals surface area contributed by atoms with E-state index in [1.54, 1.807) is 12.1 Å². The van der Waals surface area contributed by atoms with E-state index in [1.807, 2.05) is 0 Å². The smallest absolute Gasteiger partial charge is 0.471 e. The van der Waals surface area contributed by atoms with E-state index in [1.165, 1.54) is 25.6 Å². The van der Waals surface area contributed by atoms with Crippen LogP contribution in [0.1, 0.15) is 6.42 Å². The Kier molecular flexibility index (Phi) is 6.24. The molecule has 2 fully saturated rings. The SMILES string of the molecule is COc1cc2ncnc(Nc3ccc(Cl)c(Cl)c3F)c2cc1NC1[C@@H]2C[C@H]1CN(C(=O)C(F)(F)F)C2. The van der Waals surface area contributed by atoms with Crippen LogP contribution in [0, 0.1) is 17.7 Å². The van der Waals surface area contributed by atoms with Crippen molar-refractivity contribution in [2.75, 3.05) is 30.8 Å². The Bertz CT molecular complexity index is 1340. The number of hydrogen-bond acceptors (Lipinski definition) is 6. The highest BCUT2D eigenvalue weighted by molar-refractivity contribution is 6.42. The van der Waals surface area contributed by atoms with Gasteiger partial charge in [0.25, 0.3) is 0 Å². The summed E-state index contributed by atoms with van der Waals surface area (Å²) in [4.78, 5) is 21.0. The number of benzene rings is 2. The first-order valence-corrected chi connectivity index (χ1v) is 11.7. The van der Waals surface area contributed by atoms with Crippen molar-refractivity contribution in [2.45, 2.75) is 18.6 Å². The van der Waals surface area contributed by atoms with Crippen molar-refractivity contribution < 1.29 is 27.1 Å². The third-order valence-corrected chi connectivity index (χ3v) is 7.41. The summed E-state index contributed by atoms with van der Waals surface area (Å²) in [5.41, 5.74) is 1.16. The van der Waals surface area contributed by atoms with Crippen molar-refractivity contribution in [1.29, 1.82) is 0 Å². The maximum atomic E-state index is 14.6. The minimum absolute atomic E-state index is 0.0227. The van der Waals surface area contributed by atoms with Crippen LogP contribution in [0.4, 0.5) is 34.8 Å². The molecule has 2 bridgehead atoms. The molecule has 3 atom stereocenters. The minimum atomic E-state index is -4.88. The summed E-state index contributed by atoms with van der Waals surface area (Å²) in [6.07, 6.45) is -2.84. The molecule has 1 saturated heterocycles. The van der Waals surface area contributed by atoms with Crippen molar-refractivity contribution >= 4 is 57.2 Å². The van der Waals surface area contributed by atoms with E-state index >= 15 is 0 Å². The lowest BCUT2D eigenvalue weighted by molar-refractivity contribution is -0.191. The molecule has 3 aromatic rings. The van der Waals surface area contributed by atoms with Crippen LogP contribution in [0.3, 0.4) is 0 Å². The fourth-order valence-corrected chi connectivity index (χ4v) is 5.17. The fraction of sp³-hybridized carbons (Fsp3) is 0.348. The third-order valence-electron chi connectivity index (χ3n) is 6.63. The van der Waals surface area contributed by atoms with Crippen LogP contribution in [0.5, 0.6) is 5.75 Å². The van der Waals surface area contributed by atoms with Gasteiger partial charge in [0.1, 0.15) is 17.9 Å². The van der Waals surface area contributed by atoms with Crippen molar-refractivity contribution in [3.05, 3.63) is 46.5 Å². The number of methoxy groups -OCH3 is 1. The van der Waals surface area contributed by atoms with E-state index in [0.29, 0.717) is 28.2 Å². The molecule has 1 aliphatic carbocycles. The molecule has 2 heterocycles. The second-order valence-electron chi connectivity index (χ2n) is 8.77. The molecule has 0 spiro atoms. The number of aromatic nitrogens is 2. The second kappa shape index (κ2) is 9.11. The molecular formula is C23H19Cl2F4N5O2. The first kappa shape index (κ1) is 24.6. The van der Waals surface area contributed by atoms with Gasteiger partial charge in [-0.3, -0.25) is 4.79 Å². The van der Waals surface area contributed by atoms with Crippen LogP contribution in [0.15, 0.2) is 30.6 Å². The van der Waals surface area contributed by atoms with E-state index in [-0.39, 0.29) is 46.7 Å². The number of amides is 1. The van der Waals surface area contributed by atoms with Gasteiger partial charge in [0.2, 0.25) is 0 Å². The number of alkyl halides is 3. The van der Waals surface area contributed by atoms with Gasteiger partial charge < -0.3 is 20.3 Å². The van der Waals surface area contributed by atoms with E-state index in [2.05, 4.69) is 20.6 Å². The molecule has 2 N–H and O–H groups in total. The van der Waals surface area contributed by atoms with Crippen LogP contribution in [-0.2, 0) is 4.79 Å². The Morgan fingerprint density at radius 1 is 1.14 bits per heavy atom. The quantitative estimate of drug-likeness (QED) is 0.320. The Morgan fingerprint density at radius 2 is 1.86 bits per heavy atom. The molecule has 7 nitrogen and oxygen atoms in total. The van der Waals surface area contributed by atoms with Gasteiger partial charge in [-0.05, 0) is 36.5 Å². The largest absolute Gasteiger partial charge is 0.495 e. The molecule has 1 amide bonds. The van der Waals surface area contributed by atoms with Gasteiger partial charge >= 0.3 is 12.1 Å². The average molecular weight is 544 g/mol. The minimum Gasteiger partial charge on any atom is -0.495 e. The summed E-state index contributed by atoms with van der Waals surface area (Å²) in [5, 5.41) is 6.68. The summed E-state index contributed by atoms with van der Waals surface area (Å²) in [6, 6.07) is 6.17. The summed E-state index contributed by atoms with van der Waals surface area (Å²) in [6.45, 7) is 0.0455. The Hall–Kier alpha value is -3.05. The molecule has 13 heteroatoms. The molecule has 1 saturated carbocycles. The number of fused-ring (bicyclic) bond motifs is 3. The molecule has 190 valence electrons. The summed E-state index contributed by atoms with van der Waals surface area (Å²) >= 11 is 11.8. The molecule has 1 aromatic heterocycles. The molecule has 5 rings (SSSR count). The van der Waals surface area contributed by atoms with Crippen LogP contribution in [0.25, 0.3) is 10.9 Å². The summed E-state index contributed by atoms with van der Waals surface area (Å²) < 4.78 is 58.7. The zero-order valence-electron chi connectivity index (χ0n) is 18.7. The number of ether oxygens (including phenoxy) is 1. The predicted octanol–water partition coefficient (Wildman–Crippen LogP) is 5.65. The molecule has 2 aliphatic rings. The lowest BCUT2D eigenvalue weighted by Gasteiger charge is -2.54. The number of halogens is 6. The first-order valence-electron chi connectivity index (χ1n) is 10.9. The van der Waals surface area contributed by atoms with Gasteiger partial charge in [-0.2, -0.15) is 13.2 Å².